The lowest BCUT2D eigenvalue weighted by Crippen LogP contribution is -2.17. The predicted molar refractivity (Wildman–Crippen MR) is 65.6 cm³/mol. The minimum Gasteiger partial charge on any atom is -0.475 e. The largest absolute Gasteiger partial charge is 0.475 e. The van der Waals surface area contributed by atoms with Crippen molar-refractivity contribution >= 4 is 17.6 Å². The Morgan fingerprint density at radius 2 is 2.11 bits per heavy atom. The molecule has 2 rings (SSSR count). The number of nitrogens with zero attached hydrogens (tertiary/aromatic N) is 2. The van der Waals surface area contributed by atoms with E-state index in [1.54, 1.807) is 13.0 Å². The van der Waals surface area contributed by atoms with Gasteiger partial charge < -0.3 is 5.11 Å². The first kappa shape index (κ1) is 12.4. The van der Waals surface area contributed by atoms with E-state index in [0.717, 1.165) is 15.8 Å². The van der Waals surface area contributed by atoms with Crippen LogP contribution in [0.4, 0.5) is 0 Å². The molecule has 94 valence electrons. The van der Waals surface area contributed by atoms with E-state index >= 15 is 0 Å². The Morgan fingerprint density at radius 3 is 2.61 bits per heavy atom. The van der Waals surface area contributed by atoms with Gasteiger partial charge >= 0.3 is 11.7 Å². The number of aromatic amines is 1. The molecule has 18 heavy (non-hydrogen) atoms. The van der Waals surface area contributed by atoms with Gasteiger partial charge in [-0.2, -0.15) is 4.68 Å². The van der Waals surface area contributed by atoms with Gasteiger partial charge in [0, 0.05) is 0 Å². The average Bonchev–Trinajstić information content (AvgIpc) is 2.59. The molecular formula is C11H10ClN3O3. The molecular weight excluding hydrogens is 258 g/mol. The molecule has 1 aromatic carbocycles. The molecule has 0 saturated heterocycles. The molecule has 1 aromatic heterocycles. The van der Waals surface area contributed by atoms with Crippen molar-refractivity contribution in [1.82, 2.24) is 14.8 Å². The first-order chi connectivity index (χ1) is 8.40. The third-order valence-electron chi connectivity index (χ3n) is 2.43. The Balaban J connectivity index is 2.70. The molecule has 1 heterocycles. The molecule has 0 aliphatic rings. The summed E-state index contributed by atoms with van der Waals surface area (Å²) in [5.41, 5.74) is 1.44. The highest BCUT2D eigenvalue weighted by Crippen LogP contribution is 2.24. The van der Waals surface area contributed by atoms with Crippen molar-refractivity contribution < 1.29 is 9.90 Å². The lowest BCUT2D eigenvalue weighted by Gasteiger charge is -2.08. The molecule has 0 radical (unpaired) electrons. The summed E-state index contributed by atoms with van der Waals surface area (Å²) >= 11 is 6.07. The van der Waals surface area contributed by atoms with Gasteiger partial charge in [-0.15, -0.1) is 5.10 Å². The molecule has 0 unspecified atom stereocenters. The summed E-state index contributed by atoms with van der Waals surface area (Å²) in [5.74, 6) is -1.72. The van der Waals surface area contributed by atoms with Gasteiger partial charge in [-0.05, 0) is 31.0 Å². The maximum absolute atomic E-state index is 11.7. The van der Waals surface area contributed by atoms with Crippen LogP contribution >= 0.6 is 11.6 Å². The number of H-pyrrole nitrogens is 1. The number of halogens is 1. The van der Waals surface area contributed by atoms with Crippen molar-refractivity contribution in [2.45, 2.75) is 13.8 Å². The third-order valence-corrected chi connectivity index (χ3v) is 2.72. The van der Waals surface area contributed by atoms with Crippen molar-refractivity contribution in [2.24, 2.45) is 0 Å². The van der Waals surface area contributed by atoms with Crippen LogP contribution in [0.25, 0.3) is 5.69 Å². The van der Waals surface area contributed by atoms with Crippen molar-refractivity contribution in [3.05, 3.63) is 44.6 Å². The predicted octanol–water partition coefficient (Wildman–Crippen LogP) is 1.53. The third kappa shape index (κ3) is 2.02. The highest BCUT2D eigenvalue weighted by atomic mass is 35.5. The molecule has 0 spiro atoms. The zero-order valence-electron chi connectivity index (χ0n) is 9.69. The van der Waals surface area contributed by atoms with Crippen LogP contribution in [-0.2, 0) is 0 Å². The van der Waals surface area contributed by atoms with Crippen LogP contribution in [0.3, 0.4) is 0 Å². The molecule has 0 bridgehead atoms. The van der Waals surface area contributed by atoms with Crippen molar-refractivity contribution in [3.63, 3.8) is 0 Å². The highest BCUT2D eigenvalue weighted by Gasteiger charge is 2.16. The fraction of sp³-hybridized carbons (Fsp3) is 0.182. The SMILES string of the molecule is Cc1cc(C)c(-n2nc(C(=O)O)[nH]c2=O)c(Cl)c1. The van der Waals surface area contributed by atoms with Crippen LogP contribution in [0.2, 0.25) is 5.02 Å². The first-order valence-corrected chi connectivity index (χ1v) is 5.47. The number of aromatic nitrogens is 3. The van der Waals surface area contributed by atoms with Crippen LogP contribution in [0.5, 0.6) is 0 Å². The highest BCUT2D eigenvalue weighted by molar-refractivity contribution is 6.32. The van der Waals surface area contributed by atoms with Crippen molar-refractivity contribution in [1.29, 1.82) is 0 Å². The smallest absolute Gasteiger partial charge is 0.373 e. The fourth-order valence-corrected chi connectivity index (χ4v) is 2.15. The number of aryl methyl sites for hydroxylation is 2. The standard InChI is InChI=1S/C11H10ClN3O3/c1-5-3-6(2)8(7(12)4-5)15-11(18)13-9(14-15)10(16)17/h3-4H,1-2H3,(H,16,17)(H,13,14,18). The molecule has 0 aliphatic heterocycles. The monoisotopic (exact) mass is 267 g/mol. The second-order valence-electron chi connectivity index (χ2n) is 3.91. The van der Waals surface area contributed by atoms with Gasteiger partial charge in [0.1, 0.15) is 0 Å². The molecule has 2 N–H and O–H groups in total. The molecule has 0 atom stereocenters. The number of rotatable bonds is 2. The maximum atomic E-state index is 11.7. The first-order valence-electron chi connectivity index (χ1n) is 5.10. The van der Waals surface area contributed by atoms with Gasteiger partial charge in [-0.1, -0.05) is 17.7 Å². The number of carboxylic acids is 1. The summed E-state index contributed by atoms with van der Waals surface area (Å²) in [4.78, 5) is 24.5. The van der Waals surface area contributed by atoms with Crippen LogP contribution < -0.4 is 5.69 Å². The Hall–Kier alpha value is -2.08. The van der Waals surface area contributed by atoms with E-state index in [9.17, 15) is 9.59 Å². The summed E-state index contributed by atoms with van der Waals surface area (Å²) in [5, 5.41) is 12.8. The van der Waals surface area contributed by atoms with Gasteiger partial charge in [0.05, 0.1) is 10.7 Å². The topological polar surface area (TPSA) is 88.0 Å². The second kappa shape index (κ2) is 4.30. The summed E-state index contributed by atoms with van der Waals surface area (Å²) in [6.07, 6.45) is 0. The number of carboxylic acid groups (broad SMARTS) is 1. The van der Waals surface area contributed by atoms with Gasteiger partial charge in [0.2, 0.25) is 5.82 Å². The van der Waals surface area contributed by atoms with Crippen LogP contribution in [-0.4, -0.2) is 25.8 Å². The molecule has 0 aliphatic carbocycles. The second-order valence-corrected chi connectivity index (χ2v) is 4.32. The van der Waals surface area contributed by atoms with Gasteiger partial charge in [-0.25, -0.2) is 9.59 Å². The van der Waals surface area contributed by atoms with E-state index in [2.05, 4.69) is 10.1 Å². The van der Waals surface area contributed by atoms with E-state index in [-0.39, 0.29) is 0 Å². The Labute approximate surface area is 107 Å². The average molecular weight is 268 g/mol. The molecule has 0 saturated carbocycles. The number of benzene rings is 1. The van der Waals surface area contributed by atoms with Gasteiger partial charge in [0.25, 0.3) is 0 Å². The number of hydrogen-bond acceptors (Lipinski definition) is 3. The zero-order valence-corrected chi connectivity index (χ0v) is 10.4. The molecule has 0 amide bonds. The van der Waals surface area contributed by atoms with Crippen LogP contribution in [0.15, 0.2) is 16.9 Å². The van der Waals surface area contributed by atoms with E-state index in [4.69, 9.17) is 16.7 Å². The number of carbonyl (C=O) groups is 1. The lowest BCUT2D eigenvalue weighted by molar-refractivity contribution is 0.0683. The summed E-state index contributed by atoms with van der Waals surface area (Å²) < 4.78 is 0.959. The lowest BCUT2D eigenvalue weighted by atomic mass is 10.1. The Morgan fingerprint density at radius 1 is 1.44 bits per heavy atom. The minimum atomic E-state index is -1.30. The minimum absolute atomic E-state index is 0.345. The number of hydrogen-bond donors (Lipinski definition) is 2. The normalized spacial score (nSPS) is 10.6. The van der Waals surface area contributed by atoms with E-state index in [1.165, 1.54) is 0 Å². The molecule has 6 nitrogen and oxygen atoms in total. The Kier molecular flexibility index (Phi) is 2.96. The van der Waals surface area contributed by atoms with Gasteiger partial charge in [-0.3, -0.25) is 4.98 Å². The Bertz CT molecular complexity index is 664. The summed E-state index contributed by atoms with van der Waals surface area (Å²) in [6, 6.07) is 3.52. The van der Waals surface area contributed by atoms with Crippen molar-refractivity contribution in [3.8, 4) is 5.69 Å². The number of aromatic carboxylic acids is 1. The summed E-state index contributed by atoms with van der Waals surface area (Å²) in [7, 11) is 0. The molecule has 2 aromatic rings. The van der Waals surface area contributed by atoms with E-state index < -0.39 is 17.5 Å². The van der Waals surface area contributed by atoms with E-state index in [1.807, 2.05) is 13.0 Å². The zero-order chi connectivity index (χ0) is 13.4. The molecule has 7 heteroatoms. The van der Waals surface area contributed by atoms with Crippen molar-refractivity contribution in [2.75, 3.05) is 0 Å². The van der Waals surface area contributed by atoms with Crippen LogP contribution in [0, 0.1) is 13.8 Å². The summed E-state index contributed by atoms with van der Waals surface area (Å²) in [6.45, 7) is 3.65. The molecule has 0 fully saturated rings. The quantitative estimate of drug-likeness (QED) is 0.864. The maximum Gasteiger partial charge on any atom is 0.373 e. The fourth-order valence-electron chi connectivity index (χ4n) is 1.75. The van der Waals surface area contributed by atoms with Crippen LogP contribution in [0.1, 0.15) is 21.7 Å². The number of nitrogens with one attached hydrogen (secondary N) is 1. The van der Waals surface area contributed by atoms with Gasteiger partial charge in [0.15, 0.2) is 0 Å². The van der Waals surface area contributed by atoms with E-state index in [0.29, 0.717) is 10.7 Å².